The third kappa shape index (κ3) is 2.46. The van der Waals surface area contributed by atoms with Gasteiger partial charge in [0.15, 0.2) is 0 Å². The Morgan fingerprint density at radius 3 is 2.71 bits per heavy atom. The van der Waals surface area contributed by atoms with E-state index in [2.05, 4.69) is 10.4 Å². The van der Waals surface area contributed by atoms with Gasteiger partial charge in [-0.1, -0.05) is 12.2 Å². The normalized spacial score (nSPS) is 29.8. The number of hydrogen-bond donors (Lipinski definition) is 2. The van der Waals surface area contributed by atoms with Gasteiger partial charge in [0.2, 0.25) is 5.91 Å². The van der Waals surface area contributed by atoms with Crippen LogP contribution in [0.5, 0.6) is 0 Å². The van der Waals surface area contributed by atoms with Crippen molar-refractivity contribution in [1.82, 2.24) is 15.1 Å². The lowest BCUT2D eigenvalue weighted by atomic mass is 9.82. The zero-order valence-corrected chi connectivity index (χ0v) is 11.9. The predicted molar refractivity (Wildman–Crippen MR) is 75.3 cm³/mol. The molecule has 2 bridgehead atoms. The van der Waals surface area contributed by atoms with Crippen LogP contribution in [0.1, 0.15) is 12.1 Å². The molecule has 6 nitrogen and oxygen atoms in total. The van der Waals surface area contributed by atoms with Gasteiger partial charge in [-0.15, -0.1) is 0 Å². The Morgan fingerprint density at radius 1 is 1.38 bits per heavy atom. The summed E-state index contributed by atoms with van der Waals surface area (Å²) in [6, 6.07) is 1.91. The number of carboxylic acids is 1. The minimum absolute atomic E-state index is 0.0142. The SMILES string of the molecule is Cn1nccc1CCNC(=O)C1C2C=CC(C2)C1C(=O)O. The molecular formula is C15H19N3O3. The Morgan fingerprint density at radius 2 is 2.10 bits per heavy atom. The third-order valence-corrected chi connectivity index (χ3v) is 4.65. The van der Waals surface area contributed by atoms with E-state index in [-0.39, 0.29) is 17.7 Å². The molecule has 1 aromatic heterocycles. The second-order valence-corrected chi connectivity index (χ2v) is 5.83. The lowest BCUT2D eigenvalue weighted by molar-refractivity contribution is -0.147. The van der Waals surface area contributed by atoms with Crippen LogP contribution in [0, 0.1) is 23.7 Å². The topological polar surface area (TPSA) is 84.2 Å². The van der Waals surface area contributed by atoms with Crippen molar-refractivity contribution in [3.63, 3.8) is 0 Å². The molecule has 0 aromatic carbocycles. The van der Waals surface area contributed by atoms with E-state index in [9.17, 15) is 14.7 Å². The van der Waals surface area contributed by atoms with Crippen molar-refractivity contribution in [1.29, 1.82) is 0 Å². The van der Waals surface area contributed by atoms with Crippen LogP contribution >= 0.6 is 0 Å². The van der Waals surface area contributed by atoms with Crippen LogP contribution in [0.15, 0.2) is 24.4 Å². The van der Waals surface area contributed by atoms with E-state index in [4.69, 9.17) is 0 Å². The largest absolute Gasteiger partial charge is 0.481 e. The van der Waals surface area contributed by atoms with Crippen molar-refractivity contribution in [2.24, 2.45) is 30.7 Å². The maximum atomic E-state index is 12.3. The summed E-state index contributed by atoms with van der Waals surface area (Å²) in [7, 11) is 1.86. The minimum atomic E-state index is -0.862. The highest BCUT2D eigenvalue weighted by molar-refractivity contribution is 5.86. The summed E-state index contributed by atoms with van der Waals surface area (Å²) in [6.07, 6.45) is 7.14. The van der Waals surface area contributed by atoms with Gasteiger partial charge < -0.3 is 10.4 Å². The molecule has 2 aliphatic rings. The predicted octanol–water partition coefficient (Wildman–Crippen LogP) is 0.602. The highest BCUT2D eigenvalue weighted by atomic mass is 16.4. The van der Waals surface area contributed by atoms with Gasteiger partial charge in [0.05, 0.1) is 11.8 Å². The Kier molecular flexibility index (Phi) is 3.53. The molecule has 1 heterocycles. The number of allylic oxidation sites excluding steroid dienone is 2. The smallest absolute Gasteiger partial charge is 0.307 e. The average molecular weight is 289 g/mol. The number of carboxylic acid groups (broad SMARTS) is 1. The van der Waals surface area contributed by atoms with Crippen LogP contribution in [-0.2, 0) is 23.1 Å². The van der Waals surface area contributed by atoms with Crippen LogP contribution in [0.3, 0.4) is 0 Å². The van der Waals surface area contributed by atoms with E-state index in [0.717, 1.165) is 12.1 Å². The van der Waals surface area contributed by atoms with Gasteiger partial charge in [0, 0.05) is 31.9 Å². The van der Waals surface area contributed by atoms with Crippen LogP contribution in [0.4, 0.5) is 0 Å². The molecule has 0 radical (unpaired) electrons. The first-order valence-corrected chi connectivity index (χ1v) is 7.23. The van der Waals surface area contributed by atoms with E-state index in [1.54, 1.807) is 10.9 Å². The molecule has 1 fully saturated rings. The minimum Gasteiger partial charge on any atom is -0.481 e. The first-order chi connectivity index (χ1) is 10.1. The molecule has 4 unspecified atom stereocenters. The summed E-state index contributed by atoms with van der Waals surface area (Å²) in [6.45, 7) is 0.502. The molecule has 21 heavy (non-hydrogen) atoms. The zero-order chi connectivity index (χ0) is 15.0. The number of rotatable bonds is 5. The summed E-state index contributed by atoms with van der Waals surface area (Å²) in [5, 5.41) is 16.3. The number of aromatic nitrogens is 2. The van der Waals surface area contributed by atoms with Gasteiger partial charge in [-0.05, 0) is 24.3 Å². The monoisotopic (exact) mass is 289 g/mol. The molecule has 1 saturated carbocycles. The Bertz CT molecular complexity index is 593. The molecule has 2 N–H and O–H groups in total. The number of aryl methyl sites for hydroxylation is 1. The molecule has 0 aliphatic heterocycles. The fourth-order valence-electron chi connectivity index (χ4n) is 3.59. The van der Waals surface area contributed by atoms with Crippen LogP contribution < -0.4 is 5.32 Å². The number of carbonyl (C=O) groups excluding carboxylic acids is 1. The number of amides is 1. The van der Waals surface area contributed by atoms with Crippen LogP contribution in [0.2, 0.25) is 0 Å². The maximum absolute atomic E-state index is 12.3. The fraction of sp³-hybridized carbons (Fsp3) is 0.533. The van der Waals surface area contributed by atoms with Crippen LogP contribution in [0.25, 0.3) is 0 Å². The highest BCUT2D eigenvalue weighted by Gasteiger charge is 2.51. The molecule has 3 rings (SSSR count). The van der Waals surface area contributed by atoms with Gasteiger partial charge in [-0.2, -0.15) is 5.10 Å². The highest BCUT2D eigenvalue weighted by Crippen LogP contribution is 2.48. The van der Waals surface area contributed by atoms with E-state index >= 15 is 0 Å². The standard InChI is InChI=1S/C15H19N3O3/c1-18-11(5-7-17-18)4-6-16-14(19)12-9-2-3-10(8-9)13(12)15(20)21/h2-3,5,7,9-10,12-13H,4,6,8H2,1H3,(H,16,19)(H,20,21). The summed E-state index contributed by atoms with van der Waals surface area (Å²) < 4.78 is 1.77. The first kappa shape index (κ1) is 13.9. The van der Waals surface area contributed by atoms with Gasteiger partial charge in [0.1, 0.15) is 0 Å². The number of nitrogens with one attached hydrogen (secondary N) is 1. The van der Waals surface area contributed by atoms with Crippen LogP contribution in [-0.4, -0.2) is 33.3 Å². The Balaban J connectivity index is 1.59. The van der Waals surface area contributed by atoms with Crippen molar-refractivity contribution in [2.45, 2.75) is 12.8 Å². The van der Waals surface area contributed by atoms with E-state index in [0.29, 0.717) is 13.0 Å². The van der Waals surface area contributed by atoms with Crippen molar-refractivity contribution < 1.29 is 14.7 Å². The van der Waals surface area contributed by atoms with E-state index in [1.165, 1.54) is 0 Å². The van der Waals surface area contributed by atoms with Gasteiger partial charge >= 0.3 is 5.97 Å². The number of carbonyl (C=O) groups is 2. The second kappa shape index (κ2) is 5.35. The second-order valence-electron chi connectivity index (χ2n) is 5.83. The van der Waals surface area contributed by atoms with Gasteiger partial charge in [-0.25, -0.2) is 0 Å². The third-order valence-electron chi connectivity index (χ3n) is 4.65. The summed E-state index contributed by atoms with van der Waals surface area (Å²) in [5.41, 5.74) is 1.04. The van der Waals surface area contributed by atoms with E-state index in [1.807, 2.05) is 25.3 Å². The molecule has 4 atom stereocenters. The summed E-state index contributed by atoms with van der Waals surface area (Å²) in [5.74, 6) is -1.91. The Labute approximate surface area is 122 Å². The first-order valence-electron chi connectivity index (χ1n) is 7.23. The molecule has 0 saturated heterocycles. The molecule has 112 valence electrons. The van der Waals surface area contributed by atoms with Gasteiger partial charge in [-0.3, -0.25) is 14.3 Å². The summed E-state index contributed by atoms with van der Waals surface area (Å²) in [4.78, 5) is 23.7. The number of aliphatic carboxylic acids is 1. The lowest BCUT2D eigenvalue weighted by Gasteiger charge is -2.23. The fourth-order valence-corrected chi connectivity index (χ4v) is 3.59. The van der Waals surface area contributed by atoms with Crippen molar-refractivity contribution in [3.8, 4) is 0 Å². The molecule has 6 heteroatoms. The van der Waals surface area contributed by atoms with Gasteiger partial charge in [0.25, 0.3) is 0 Å². The van der Waals surface area contributed by atoms with Crippen molar-refractivity contribution in [2.75, 3.05) is 6.54 Å². The quantitative estimate of drug-likeness (QED) is 0.778. The average Bonchev–Trinajstić information content (AvgIpc) is 3.14. The van der Waals surface area contributed by atoms with Crippen molar-refractivity contribution in [3.05, 3.63) is 30.1 Å². The number of hydrogen-bond acceptors (Lipinski definition) is 3. The summed E-state index contributed by atoms with van der Waals surface area (Å²) >= 11 is 0. The molecule has 1 amide bonds. The molecule has 1 aromatic rings. The Hall–Kier alpha value is -2.11. The molecular weight excluding hydrogens is 270 g/mol. The zero-order valence-electron chi connectivity index (χ0n) is 11.9. The molecule has 2 aliphatic carbocycles. The number of fused-ring (bicyclic) bond motifs is 2. The number of nitrogens with zero attached hydrogens (tertiary/aromatic N) is 2. The van der Waals surface area contributed by atoms with Crippen molar-refractivity contribution >= 4 is 11.9 Å². The maximum Gasteiger partial charge on any atom is 0.307 e. The molecule has 0 spiro atoms. The van der Waals surface area contributed by atoms with E-state index < -0.39 is 17.8 Å². The lowest BCUT2D eigenvalue weighted by Crippen LogP contribution is -2.40.